The molecular weight excluding hydrogens is 503 g/mol. The molecule has 0 aliphatic carbocycles. The van der Waals surface area contributed by atoms with Crippen LogP contribution in [0.2, 0.25) is 0 Å². The summed E-state index contributed by atoms with van der Waals surface area (Å²) in [5, 5.41) is 3.02. The number of halogens is 4. The second-order valence-corrected chi connectivity index (χ2v) is 9.72. The van der Waals surface area contributed by atoms with Crippen LogP contribution in [0.5, 0.6) is 0 Å². The standard InChI is InChI=1S/C23H24F3N5O2S.ClH/c1-15-6-3-4-7-17(15)22-18(23(24,25)26)10-11-19(28-22)30-34(32,33)21-9-5-8-20(29-21)31-13-12-27-14-16(31)2;/h3-11,16,27H,12-14H2,1-2H3,(H,28,30);1H. The highest BCUT2D eigenvalue weighted by Crippen LogP contribution is 2.38. The molecule has 1 aliphatic heterocycles. The predicted octanol–water partition coefficient (Wildman–Crippen LogP) is 4.49. The van der Waals surface area contributed by atoms with Gasteiger partial charge < -0.3 is 10.2 Å². The van der Waals surface area contributed by atoms with E-state index in [1.807, 2.05) is 11.8 Å². The molecule has 0 saturated carbocycles. The molecule has 2 aromatic heterocycles. The monoisotopic (exact) mass is 527 g/mol. The lowest BCUT2D eigenvalue weighted by Gasteiger charge is -2.35. The number of nitrogens with zero attached hydrogens (tertiary/aromatic N) is 3. The Labute approximate surface area is 208 Å². The van der Waals surface area contributed by atoms with E-state index in [4.69, 9.17) is 0 Å². The number of hydrogen-bond donors (Lipinski definition) is 2. The Kier molecular flexibility index (Phi) is 7.93. The van der Waals surface area contributed by atoms with Gasteiger partial charge in [0.25, 0.3) is 10.0 Å². The second kappa shape index (κ2) is 10.4. The zero-order chi connectivity index (χ0) is 24.5. The first-order valence-electron chi connectivity index (χ1n) is 10.7. The molecular formula is C23H25ClF3N5O2S. The Bertz CT molecular complexity index is 1300. The van der Waals surface area contributed by atoms with E-state index in [-0.39, 0.29) is 40.6 Å². The fraction of sp³-hybridized carbons (Fsp3) is 0.304. The molecule has 12 heteroatoms. The topological polar surface area (TPSA) is 87.2 Å². The maximum Gasteiger partial charge on any atom is 0.418 e. The average Bonchev–Trinajstić information content (AvgIpc) is 2.79. The van der Waals surface area contributed by atoms with Crippen LogP contribution < -0.4 is 14.9 Å². The van der Waals surface area contributed by atoms with Gasteiger partial charge in [-0.2, -0.15) is 21.6 Å². The molecule has 3 heterocycles. The molecule has 0 amide bonds. The predicted molar refractivity (Wildman–Crippen MR) is 131 cm³/mol. The van der Waals surface area contributed by atoms with Gasteiger partial charge in [0.1, 0.15) is 11.6 Å². The van der Waals surface area contributed by atoms with Crippen LogP contribution in [0.1, 0.15) is 18.1 Å². The van der Waals surface area contributed by atoms with Gasteiger partial charge in [-0.05, 0) is 43.7 Å². The van der Waals surface area contributed by atoms with Crippen molar-refractivity contribution in [3.8, 4) is 11.3 Å². The largest absolute Gasteiger partial charge is 0.418 e. The summed E-state index contributed by atoms with van der Waals surface area (Å²) in [5.74, 6) is 0.284. The summed E-state index contributed by atoms with van der Waals surface area (Å²) in [6.07, 6.45) is -4.65. The van der Waals surface area contributed by atoms with E-state index in [0.717, 1.165) is 25.2 Å². The van der Waals surface area contributed by atoms with Crippen molar-refractivity contribution in [1.29, 1.82) is 0 Å². The summed E-state index contributed by atoms with van der Waals surface area (Å²) < 4.78 is 69.3. The quantitative estimate of drug-likeness (QED) is 0.508. The number of sulfonamides is 1. The molecule has 1 atom stereocenters. The van der Waals surface area contributed by atoms with E-state index in [1.54, 1.807) is 37.3 Å². The normalized spacial score (nSPS) is 16.5. The fourth-order valence-electron chi connectivity index (χ4n) is 3.87. The van der Waals surface area contributed by atoms with Gasteiger partial charge in [0.2, 0.25) is 0 Å². The Morgan fingerprint density at radius 2 is 1.80 bits per heavy atom. The highest BCUT2D eigenvalue weighted by molar-refractivity contribution is 7.92. The van der Waals surface area contributed by atoms with Crippen LogP contribution in [-0.2, 0) is 16.2 Å². The zero-order valence-electron chi connectivity index (χ0n) is 19.0. The van der Waals surface area contributed by atoms with E-state index in [0.29, 0.717) is 17.9 Å². The number of anilines is 2. The molecule has 4 rings (SSSR count). The number of pyridine rings is 2. The van der Waals surface area contributed by atoms with Crippen LogP contribution in [0.15, 0.2) is 59.6 Å². The molecule has 0 bridgehead atoms. The highest BCUT2D eigenvalue weighted by Gasteiger charge is 2.35. The van der Waals surface area contributed by atoms with Gasteiger partial charge in [-0.1, -0.05) is 30.3 Å². The number of alkyl halides is 3. The summed E-state index contributed by atoms with van der Waals surface area (Å²) in [7, 11) is -4.20. The number of hydrogen-bond acceptors (Lipinski definition) is 6. The molecule has 3 aromatic rings. The molecule has 1 saturated heterocycles. The number of rotatable bonds is 5. The van der Waals surface area contributed by atoms with Gasteiger partial charge in [-0.25, -0.2) is 9.97 Å². The van der Waals surface area contributed by atoms with E-state index >= 15 is 0 Å². The third kappa shape index (κ3) is 5.85. The molecule has 35 heavy (non-hydrogen) atoms. The average molecular weight is 528 g/mol. The molecule has 1 fully saturated rings. The van der Waals surface area contributed by atoms with Crippen molar-refractivity contribution in [3.63, 3.8) is 0 Å². The van der Waals surface area contributed by atoms with E-state index in [9.17, 15) is 21.6 Å². The Hall–Kier alpha value is -2.89. The minimum Gasteiger partial charge on any atom is -0.351 e. The summed E-state index contributed by atoms with van der Waals surface area (Å²) in [6.45, 7) is 5.84. The number of piperazine rings is 1. The number of aryl methyl sites for hydroxylation is 1. The first kappa shape index (κ1) is 26.7. The first-order chi connectivity index (χ1) is 16.1. The van der Waals surface area contributed by atoms with Crippen LogP contribution in [0, 0.1) is 6.92 Å². The third-order valence-electron chi connectivity index (χ3n) is 5.62. The van der Waals surface area contributed by atoms with Gasteiger partial charge in [0.15, 0.2) is 5.03 Å². The van der Waals surface area contributed by atoms with Crippen molar-refractivity contribution in [3.05, 3.63) is 65.7 Å². The molecule has 1 aliphatic rings. The summed E-state index contributed by atoms with van der Waals surface area (Å²) >= 11 is 0. The molecule has 188 valence electrons. The smallest absolute Gasteiger partial charge is 0.351 e. The lowest BCUT2D eigenvalue weighted by Crippen LogP contribution is -2.50. The van der Waals surface area contributed by atoms with Crippen molar-refractivity contribution < 1.29 is 21.6 Å². The number of benzene rings is 1. The second-order valence-electron chi connectivity index (χ2n) is 8.09. The Morgan fingerprint density at radius 1 is 1.06 bits per heavy atom. The minimum absolute atomic E-state index is 0. The van der Waals surface area contributed by atoms with E-state index in [1.165, 1.54) is 12.1 Å². The molecule has 2 N–H and O–H groups in total. The van der Waals surface area contributed by atoms with Gasteiger partial charge in [0, 0.05) is 31.2 Å². The third-order valence-corrected chi connectivity index (χ3v) is 6.88. The van der Waals surface area contributed by atoms with Gasteiger partial charge in [-0.15, -0.1) is 12.4 Å². The number of nitrogens with one attached hydrogen (secondary N) is 2. The van der Waals surface area contributed by atoms with Crippen LogP contribution >= 0.6 is 12.4 Å². The molecule has 0 radical (unpaired) electrons. The van der Waals surface area contributed by atoms with E-state index < -0.39 is 21.8 Å². The first-order valence-corrected chi connectivity index (χ1v) is 12.2. The maximum absolute atomic E-state index is 13.7. The summed E-state index contributed by atoms with van der Waals surface area (Å²) in [6, 6.07) is 13.1. The van der Waals surface area contributed by atoms with Crippen molar-refractivity contribution >= 4 is 34.1 Å². The lowest BCUT2D eigenvalue weighted by atomic mass is 10.0. The summed E-state index contributed by atoms with van der Waals surface area (Å²) in [5.41, 5.74) is -0.441. The van der Waals surface area contributed by atoms with Gasteiger partial charge in [0.05, 0.1) is 11.3 Å². The van der Waals surface area contributed by atoms with Crippen molar-refractivity contribution in [2.45, 2.75) is 31.1 Å². The minimum atomic E-state index is -4.65. The van der Waals surface area contributed by atoms with Crippen molar-refractivity contribution in [1.82, 2.24) is 15.3 Å². The molecule has 1 unspecified atom stereocenters. The summed E-state index contributed by atoms with van der Waals surface area (Å²) in [4.78, 5) is 10.4. The lowest BCUT2D eigenvalue weighted by molar-refractivity contribution is -0.137. The Balaban J connectivity index is 0.00000342. The van der Waals surface area contributed by atoms with Gasteiger partial charge >= 0.3 is 6.18 Å². The highest BCUT2D eigenvalue weighted by atomic mass is 35.5. The SMILES string of the molecule is Cc1ccccc1-c1nc(NS(=O)(=O)c2cccc(N3CCNCC3C)n2)ccc1C(F)(F)F.Cl. The molecule has 7 nitrogen and oxygen atoms in total. The fourth-order valence-corrected chi connectivity index (χ4v) is 4.84. The van der Waals surface area contributed by atoms with Crippen LogP contribution in [-0.4, -0.2) is 44.1 Å². The van der Waals surface area contributed by atoms with Gasteiger partial charge in [-0.3, -0.25) is 4.72 Å². The Morgan fingerprint density at radius 3 is 2.49 bits per heavy atom. The van der Waals surface area contributed by atoms with Crippen LogP contribution in [0.4, 0.5) is 24.8 Å². The maximum atomic E-state index is 13.7. The molecule has 1 aromatic carbocycles. The number of aromatic nitrogens is 2. The van der Waals surface area contributed by atoms with Crippen molar-refractivity contribution in [2.24, 2.45) is 0 Å². The van der Waals surface area contributed by atoms with Crippen LogP contribution in [0.3, 0.4) is 0 Å². The van der Waals surface area contributed by atoms with E-state index in [2.05, 4.69) is 20.0 Å². The van der Waals surface area contributed by atoms with Crippen LogP contribution in [0.25, 0.3) is 11.3 Å². The van der Waals surface area contributed by atoms with Crippen molar-refractivity contribution in [2.75, 3.05) is 29.3 Å². The zero-order valence-corrected chi connectivity index (χ0v) is 20.6. The molecule has 0 spiro atoms.